The van der Waals surface area contributed by atoms with Crippen molar-refractivity contribution in [3.05, 3.63) is 48.0 Å². The lowest BCUT2D eigenvalue weighted by Gasteiger charge is -2.16. The van der Waals surface area contributed by atoms with Crippen LogP contribution in [0.1, 0.15) is 11.4 Å². The van der Waals surface area contributed by atoms with E-state index in [1.807, 2.05) is 0 Å². The van der Waals surface area contributed by atoms with Gasteiger partial charge in [-0.2, -0.15) is 13.2 Å². The zero-order valence-electron chi connectivity index (χ0n) is 14.2. The third kappa shape index (κ3) is 3.07. The first-order chi connectivity index (χ1) is 12.4. The van der Waals surface area contributed by atoms with Gasteiger partial charge in [-0.25, -0.2) is 0 Å². The zero-order chi connectivity index (χ0) is 18.9. The fourth-order valence-electron chi connectivity index (χ4n) is 2.59. The molecule has 0 spiro atoms. The number of methoxy groups -OCH3 is 2. The molecular formula is C17H15F3N4O2. The number of rotatable bonds is 4. The summed E-state index contributed by atoms with van der Waals surface area (Å²) in [4.78, 5) is 3.69. The molecule has 26 heavy (non-hydrogen) atoms. The Balaban J connectivity index is 2.25. The van der Waals surface area contributed by atoms with Gasteiger partial charge >= 0.3 is 6.18 Å². The second kappa shape index (κ2) is 6.66. The summed E-state index contributed by atoms with van der Waals surface area (Å²) in [7, 11) is 2.98. The topological polar surface area (TPSA) is 62.1 Å². The van der Waals surface area contributed by atoms with E-state index in [1.54, 1.807) is 29.7 Å². The van der Waals surface area contributed by atoms with Crippen LogP contribution in [-0.2, 0) is 6.18 Å². The van der Waals surface area contributed by atoms with Gasteiger partial charge in [0.2, 0.25) is 0 Å². The Hall–Kier alpha value is -3.10. The van der Waals surface area contributed by atoms with Crippen LogP contribution in [0.25, 0.3) is 17.1 Å². The number of hydrogen-bond acceptors (Lipinski definition) is 5. The van der Waals surface area contributed by atoms with E-state index in [4.69, 9.17) is 9.47 Å². The third-order valence-corrected chi connectivity index (χ3v) is 3.77. The quantitative estimate of drug-likeness (QED) is 0.707. The van der Waals surface area contributed by atoms with Crippen molar-refractivity contribution in [2.75, 3.05) is 14.2 Å². The molecule has 6 nitrogen and oxygen atoms in total. The molecule has 136 valence electrons. The van der Waals surface area contributed by atoms with Crippen LogP contribution in [0.15, 0.2) is 36.7 Å². The number of benzene rings is 1. The Morgan fingerprint density at radius 3 is 2.23 bits per heavy atom. The largest absolute Gasteiger partial charge is 0.494 e. The predicted octanol–water partition coefficient (Wildman–Crippen LogP) is 3.67. The molecule has 0 saturated heterocycles. The van der Waals surface area contributed by atoms with E-state index in [2.05, 4.69) is 15.2 Å². The second-order valence-corrected chi connectivity index (χ2v) is 5.38. The van der Waals surface area contributed by atoms with E-state index >= 15 is 0 Å². The van der Waals surface area contributed by atoms with Crippen LogP contribution < -0.4 is 9.47 Å². The molecule has 0 atom stereocenters. The molecule has 0 aliphatic rings. The van der Waals surface area contributed by atoms with Gasteiger partial charge in [-0.15, -0.1) is 10.2 Å². The van der Waals surface area contributed by atoms with Gasteiger partial charge in [0.15, 0.2) is 5.82 Å². The molecule has 0 unspecified atom stereocenters. The summed E-state index contributed by atoms with van der Waals surface area (Å²) in [6, 6.07) is 6.15. The first-order valence-electron chi connectivity index (χ1n) is 7.52. The Morgan fingerprint density at radius 1 is 1.00 bits per heavy atom. The summed E-state index contributed by atoms with van der Waals surface area (Å²) >= 11 is 0. The molecule has 2 aromatic heterocycles. The van der Waals surface area contributed by atoms with E-state index < -0.39 is 11.7 Å². The molecule has 0 fully saturated rings. The maximum atomic E-state index is 13.0. The van der Waals surface area contributed by atoms with Crippen molar-refractivity contribution in [2.24, 2.45) is 0 Å². The Morgan fingerprint density at radius 2 is 1.65 bits per heavy atom. The fraction of sp³-hybridized carbons (Fsp3) is 0.235. The van der Waals surface area contributed by atoms with E-state index in [0.29, 0.717) is 23.0 Å². The van der Waals surface area contributed by atoms with Crippen LogP contribution in [0, 0.1) is 6.92 Å². The van der Waals surface area contributed by atoms with Crippen LogP contribution in [-0.4, -0.2) is 34.0 Å². The minimum Gasteiger partial charge on any atom is -0.494 e. The number of aryl methyl sites for hydroxylation is 1. The van der Waals surface area contributed by atoms with Gasteiger partial charge < -0.3 is 9.47 Å². The van der Waals surface area contributed by atoms with Crippen molar-refractivity contribution in [2.45, 2.75) is 13.1 Å². The number of aromatic nitrogens is 4. The minimum absolute atomic E-state index is 0.174. The molecule has 0 bridgehead atoms. The van der Waals surface area contributed by atoms with Crippen molar-refractivity contribution in [3.63, 3.8) is 0 Å². The minimum atomic E-state index is -4.51. The zero-order valence-corrected chi connectivity index (χ0v) is 14.2. The summed E-state index contributed by atoms with van der Waals surface area (Å²) in [6.45, 7) is 1.68. The summed E-state index contributed by atoms with van der Waals surface area (Å²) in [5.41, 5.74) is -0.199. The lowest BCUT2D eigenvalue weighted by atomic mass is 10.1. The summed E-state index contributed by atoms with van der Waals surface area (Å²) < 4.78 is 51.4. The maximum Gasteiger partial charge on any atom is 0.417 e. The highest BCUT2D eigenvalue weighted by atomic mass is 19.4. The van der Waals surface area contributed by atoms with E-state index in [-0.39, 0.29) is 11.4 Å². The van der Waals surface area contributed by atoms with E-state index in [1.165, 1.54) is 20.4 Å². The van der Waals surface area contributed by atoms with Crippen molar-refractivity contribution < 1.29 is 22.6 Å². The highest BCUT2D eigenvalue weighted by molar-refractivity contribution is 5.65. The van der Waals surface area contributed by atoms with Crippen molar-refractivity contribution in [1.82, 2.24) is 19.7 Å². The Kier molecular flexibility index (Phi) is 4.54. The molecule has 9 heteroatoms. The highest BCUT2D eigenvalue weighted by Gasteiger charge is 2.32. The Bertz CT molecular complexity index is 916. The van der Waals surface area contributed by atoms with Gasteiger partial charge in [-0.1, -0.05) is 6.07 Å². The average Bonchev–Trinajstić information content (AvgIpc) is 3.01. The van der Waals surface area contributed by atoms with Gasteiger partial charge in [-0.05, 0) is 25.1 Å². The van der Waals surface area contributed by atoms with Crippen LogP contribution in [0.4, 0.5) is 13.2 Å². The summed E-state index contributed by atoms with van der Waals surface area (Å²) in [6.07, 6.45) is -2.44. The fourth-order valence-corrected chi connectivity index (χ4v) is 2.59. The van der Waals surface area contributed by atoms with Crippen molar-refractivity contribution >= 4 is 0 Å². The third-order valence-electron chi connectivity index (χ3n) is 3.77. The van der Waals surface area contributed by atoms with E-state index in [9.17, 15) is 13.2 Å². The van der Waals surface area contributed by atoms with Crippen LogP contribution in [0.3, 0.4) is 0 Å². The number of para-hydroxylation sites is 1. The molecule has 0 N–H and O–H groups in total. The first kappa shape index (κ1) is 17.7. The number of alkyl halides is 3. The molecule has 3 rings (SSSR count). The normalized spacial score (nSPS) is 11.5. The SMILES string of the molecule is COc1cccc(OC)c1-n1c(C)nnc1-c1cncc(C(F)(F)F)c1. The Labute approximate surface area is 147 Å². The molecule has 0 amide bonds. The predicted molar refractivity (Wildman–Crippen MR) is 87.4 cm³/mol. The molecule has 0 aliphatic carbocycles. The lowest BCUT2D eigenvalue weighted by Crippen LogP contribution is -2.08. The smallest absolute Gasteiger partial charge is 0.417 e. The highest BCUT2D eigenvalue weighted by Crippen LogP contribution is 2.37. The lowest BCUT2D eigenvalue weighted by molar-refractivity contribution is -0.137. The average molecular weight is 364 g/mol. The van der Waals surface area contributed by atoms with Crippen molar-refractivity contribution in [3.8, 4) is 28.6 Å². The monoisotopic (exact) mass is 364 g/mol. The number of pyridine rings is 1. The molecule has 2 heterocycles. The van der Waals surface area contributed by atoms with Crippen LogP contribution >= 0.6 is 0 Å². The first-order valence-corrected chi connectivity index (χ1v) is 7.52. The molecule has 0 saturated carbocycles. The van der Waals surface area contributed by atoms with Crippen molar-refractivity contribution in [1.29, 1.82) is 0 Å². The van der Waals surface area contributed by atoms with Gasteiger partial charge in [0, 0.05) is 18.0 Å². The van der Waals surface area contributed by atoms with Gasteiger partial charge in [0.25, 0.3) is 0 Å². The molecule has 3 aromatic rings. The molecule has 1 aromatic carbocycles. The van der Waals surface area contributed by atoms with Gasteiger partial charge in [0.1, 0.15) is 23.0 Å². The number of nitrogens with zero attached hydrogens (tertiary/aromatic N) is 4. The summed E-state index contributed by atoms with van der Waals surface area (Å²) in [5.74, 6) is 1.59. The molecule has 0 radical (unpaired) electrons. The second-order valence-electron chi connectivity index (χ2n) is 5.38. The number of hydrogen-bond donors (Lipinski definition) is 0. The standard InChI is InChI=1S/C17H15F3N4O2/c1-10-22-23-16(11-7-12(9-21-8-11)17(18,19)20)24(10)15-13(25-2)5-4-6-14(15)26-3/h4-9H,1-3H3. The van der Waals surface area contributed by atoms with Crippen LogP contribution in [0.2, 0.25) is 0 Å². The van der Waals surface area contributed by atoms with Gasteiger partial charge in [-0.3, -0.25) is 9.55 Å². The van der Waals surface area contributed by atoms with Gasteiger partial charge in [0.05, 0.1) is 19.8 Å². The van der Waals surface area contributed by atoms with Crippen LogP contribution in [0.5, 0.6) is 11.5 Å². The van der Waals surface area contributed by atoms with E-state index in [0.717, 1.165) is 12.3 Å². The summed E-state index contributed by atoms with van der Waals surface area (Å²) in [5, 5.41) is 8.04. The number of ether oxygens (including phenoxy) is 2. The maximum absolute atomic E-state index is 13.0. The number of halogens is 3. The molecular weight excluding hydrogens is 349 g/mol. The molecule has 0 aliphatic heterocycles.